The van der Waals surface area contributed by atoms with Crippen molar-refractivity contribution in [2.75, 3.05) is 5.32 Å². The van der Waals surface area contributed by atoms with Crippen LogP contribution in [0.25, 0.3) is 0 Å². The summed E-state index contributed by atoms with van der Waals surface area (Å²) >= 11 is 0. The van der Waals surface area contributed by atoms with Crippen LogP contribution in [-0.2, 0) is 5.54 Å². The minimum atomic E-state index is -0.716. The molecule has 2 heteroatoms. The van der Waals surface area contributed by atoms with E-state index in [0.717, 1.165) is 16.8 Å². The van der Waals surface area contributed by atoms with Gasteiger partial charge in [-0.25, -0.2) is 0 Å². The summed E-state index contributed by atoms with van der Waals surface area (Å²) < 4.78 is 0. The quantitative estimate of drug-likeness (QED) is 0.878. The van der Waals surface area contributed by atoms with E-state index in [1.54, 1.807) is 0 Å². The van der Waals surface area contributed by atoms with Crippen LogP contribution in [0.2, 0.25) is 0 Å². The van der Waals surface area contributed by atoms with Crippen LogP contribution in [0.4, 0.5) is 5.69 Å². The van der Waals surface area contributed by atoms with E-state index in [2.05, 4.69) is 11.4 Å². The Bertz CT molecular complexity index is 569. The van der Waals surface area contributed by atoms with E-state index in [-0.39, 0.29) is 0 Å². The summed E-state index contributed by atoms with van der Waals surface area (Å²) in [6.45, 7) is 3.93. The molecule has 0 saturated carbocycles. The summed E-state index contributed by atoms with van der Waals surface area (Å²) in [5, 5.41) is 12.8. The molecule has 90 valence electrons. The molecule has 0 heterocycles. The van der Waals surface area contributed by atoms with Crippen LogP contribution in [0.1, 0.15) is 18.1 Å². The largest absolute Gasteiger partial charge is 0.364 e. The lowest BCUT2D eigenvalue weighted by molar-refractivity contribution is 0.700. The molecule has 0 bridgehead atoms. The molecule has 0 spiro atoms. The van der Waals surface area contributed by atoms with Gasteiger partial charge in [-0.05, 0) is 37.1 Å². The van der Waals surface area contributed by atoms with Gasteiger partial charge in [-0.1, -0.05) is 42.5 Å². The minimum absolute atomic E-state index is 0.716. The van der Waals surface area contributed by atoms with Gasteiger partial charge in [0.05, 0.1) is 6.07 Å². The maximum Gasteiger partial charge on any atom is 0.148 e. The molecule has 2 aromatic rings. The van der Waals surface area contributed by atoms with Crippen molar-refractivity contribution in [1.29, 1.82) is 5.26 Å². The van der Waals surface area contributed by atoms with E-state index in [1.807, 2.05) is 68.4 Å². The summed E-state index contributed by atoms with van der Waals surface area (Å²) in [6.07, 6.45) is 0. The van der Waals surface area contributed by atoms with E-state index < -0.39 is 5.54 Å². The van der Waals surface area contributed by atoms with E-state index in [4.69, 9.17) is 0 Å². The first-order valence-corrected chi connectivity index (χ1v) is 5.96. The highest BCUT2D eigenvalue weighted by Gasteiger charge is 2.27. The third kappa shape index (κ3) is 2.36. The Balaban J connectivity index is 2.38. The van der Waals surface area contributed by atoms with Crippen molar-refractivity contribution in [3.05, 3.63) is 65.7 Å². The van der Waals surface area contributed by atoms with E-state index in [9.17, 15) is 5.26 Å². The third-order valence-electron chi connectivity index (χ3n) is 3.08. The zero-order valence-electron chi connectivity index (χ0n) is 10.6. The van der Waals surface area contributed by atoms with Crippen molar-refractivity contribution in [2.45, 2.75) is 19.4 Å². The Morgan fingerprint density at radius 1 is 1.00 bits per heavy atom. The number of aryl methyl sites for hydroxylation is 1. The first-order valence-electron chi connectivity index (χ1n) is 5.96. The van der Waals surface area contributed by atoms with Crippen molar-refractivity contribution in [2.24, 2.45) is 0 Å². The Hall–Kier alpha value is -2.27. The molecule has 1 atom stereocenters. The second-order valence-electron chi connectivity index (χ2n) is 4.54. The third-order valence-corrected chi connectivity index (χ3v) is 3.08. The predicted molar refractivity (Wildman–Crippen MR) is 74.2 cm³/mol. The Morgan fingerprint density at radius 3 is 2.22 bits per heavy atom. The van der Waals surface area contributed by atoms with E-state index in [0.29, 0.717) is 0 Å². The molecule has 0 aliphatic rings. The van der Waals surface area contributed by atoms with Crippen LogP contribution in [0, 0.1) is 18.3 Å². The van der Waals surface area contributed by atoms with Crippen molar-refractivity contribution in [3.8, 4) is 6.07 Å². The fraction of sp³-hybridized carbons (Fsp3) is 0.188. The lowest BCUT2D eigenvalue weighted by Gasteiger charge is -2.26. The van der Waals surface area contributed by atoms with Crippen LogP contribution < -0.4 is 5.32 Å². The lowest BCUT2D eigenvalue weighted by atomic mass is 9.89. The molecule has 0 fully saturated rings. The van der Waals surface area contributed by atoms with Gasteiger partial charge < -0.3 is 5.32 Å². The van der Waals surface area contributed by atoms with Gasteiger partial charge in [0, 0.05) is 5.69 Å². The van der Waals surface area contributed by atoms with Gasteiger partial charge in [0.2, 0.25) is 0 Å². The van der Waals surface area contributed by atoms with Crippen molar-refractivity contribution >= 4 is 5.69 Å². The second kappa shape index (κ2) is 4.93. The number of benzene rings is 2. The second-order valence-corrected chi connectivity index (χ2v) is 4.54. The highest BCUT2D eigenvalue weighted by molar-refractivity contribution is 5.51. The number of nitrogens with zero attached hydrogens (tertiary/aromatic N) is 1. The molecule has 0 radical (unpaired) electrons. The molecule has 0 amide bonds. The monoisotopic (exact) mass is 236 g/mol. The van der Waals surface area contributed by atoms with Crippen molar-refractivity contribution in [3.63, 3.8) is 0 Å². The molecule has 0 saturated heterocycles. The summed E-state index contributed by atoms with van der Waals surface area (Å²) in [5.41, 5.74) is 2.36. The standard InChI is InChI=1S/C16H16N2/c1-13-8-6-7-11-15(13)16(2,12-17)18-14-9-4-3-5-10-14/h3-11,18H,1-2H3/t16-/m1/s1. The summed E-state index contributed by atoms with van der Waals surface area (Å²) in [6, 6.07) is 20.1. The highest BCUT2D eigenvalue weighted by atomic mass is 15.0. The van der Waals surface area contributed by atoms with E-state index in [1.165, 1.54) is 0 Å². The number of nitriles is 1. The Kier molecular flexibility index (Phi) is 3.34. The molecular formula is C16H16N2. The number of hydrogen-bond acceptors (Lipinski definition) is 2. The number of para-hydroxylation sites is 1. The zero-order valence-corrected chi connectivity index (χ0v) is 10.6. The molecule has 18 heavy (non-hydrogen) atoms. The molecule has 0 aliphatic heterocycles. The van der Waals surface area contributed by atoms with Crippen LogP contribution in [0.15, 0.2) is 54.6 Å². The van der Waals surface area contributed by atoms with E-state index >= 15 is 0 Å². The molecule has 0 aromatic heterocycles. The van der Waals surface area contributed by atoms with Gasteiger partial charge >= 0.3 is 0 Å². The van der Waals surface area contributed by atoms with Gasteiger partial charge in [0.15, 0.2) is 0 Å². The number of hydrogen-bond donors (Lipinski definition) is 1. The fourth-order valence-corrected chi connectivity index (χ4v) is 2.10. The average molecular weight is 236 g/mol. The smallest absolute Gasteiger partial charge is 0.148 e. The number of anilines is 1. The number of nitrogens with one attached hydrogen (secondary N) is 1. The maximum atomic E-state index is 9.51. The summed E-state index contributed by atoms with van der Waals surface area (Å²) in [4.78, 5) is 0. The summed E-state index contributed by atoms with van der Waals surface area (Å²) in [5.74, 6) is 0. The average Bonchev–Trinajstić information content (AvgIpc) is 2.40. The van der Waals surface area contributed by atoms with Gasteiger partial charge in [0.1, 0.15) is 5.54 Å². The molecule has 1 N–H and O–H groups in total. The first-order chi connectivity index (χ1) is 8.65. The maximum absolute atomic E-state index is 9.51. The van der Waals surface area contributed by atoms with Gasteiger partial charge in [0.25, 0.3) is 0 Å². The minimum Gasteiger partial charge on any atom is -0.364 e. The molecule has 2 aromatic carbocycles. The normalized spacial score (nSPS) is 13.4. The van der Waals surface area contributed by atoms with Crippen LogP contribution in [0.5, 0.6) is 0 Å². The zero-order chi connectivity index (χ0) is 13.0. The molecular weight excluding hydrogens is 220 g/mol. The lowest BCUT2D eigenvalue weighted by Crippen LogP contribution is -2.30. The predicted octanol–water partition coefficient (Wildman–Crippen LogP) is 3.85. The molecule has 2 nitrogen and oxygen atoms in total. The molecule has 0 unspecified atom stereocenters. The molecule has 0 aliphatic carbocycles. The summed E-state index contributed by atoms with van der Waals surface area (Å²) in [7, 11) is 0. The van der Waals surface area contributed by atoms with Crippen molar-refractivity contribution in [1.82, 2.24) is 0 Å². The fourth-order valence-electron chi connectivity index (χ4n) is 2.10. The Morgan fingerprint density at radius 2 is 1.61 bits per heavy atom. The van der Waals surface area contributed by atoms with Gasteiger partial charge in [-0.15, -0.1) is 0 Å². The van der Waals surface area contributed by atoms with Gasteiger partial charge in [-0.3, -0.25) is 0 Å². The topological polar surface area (TPSA) is 35.8 Å². The molecule has 2 rings (SSSR count). The van der Waals surface area contributed by atoms with Crippen LogP contribution in [0.3, 0.4) is 0 Å². The first kappa shape index (κ1) is 12.2. The van der Waals surface area contributed by atoms with Gasteiger partial charge in [-0.2, -0.15) is 5.26 Å². The SMILES string of the molecule is Cc1ccccc1[C@@](C)(C#N)Nc1ccccc1. The Labute approximate surface area is 108 Å². The number of rotatable bonds is 3. The van der Waals surface area contributed by atoms with Crippen LogP contribution in [-0.4, -0.2) is 0 Å². The van der Waals surface area contributed by atoms with Crippen molar-refractivity contribution < 1.29 is 0 Å². The highest BCUT2D eigenvalue weighted by Crippen LogP contribution is 2.27. The van der Waals surface area contributed by atoms with Crippen LogP contribution >= 0.6 is 0 Å².